The number of carboxylic acid groups (broad SMARTS) is 1. The van der Waals surface area contributed by atoms with Crippen molar-refractivity contribution in [2.75, 3.05) is 7.05 Å². The summed E-state index contributed by atoms with van der Waals surface area (Å²) in [6.45, 7) is 6.63. The summed E-state index contributed by atoms with van der Waals surface area (Å²) < 4.78 is 1.67. The molecule has 1 heterocycles. The molecule has 1 aromatic heterocycles. The molecule has 140 valence electrons. The van der Waals surface area contributed by atoms with E-state index in [9.17, 15) is 14.7 Å². The van der Waals surface area contributed by atoms with Crippen molar-refractivity contribution in [1.29, 1.82) is 0 Å². The number of halogens is 2. The molecule has 0 fully saturated rings. The molecule has 0 atom stereocenters. The molecule has 1 N–H and O–H groups in total. The molecule has 0 unspecified atom stereocenters. The van der Waals surface area contributed by atoms with E-state index in [-0.39, 0.29) is 12.3 Å². The van der Waals surface area contributed by atoms with Crippen LogP contribution in [0.25, 0.3) is 5.69 Å². The molecular weight excluding hydrogens is 377 g/mol. The number of rotatable bonds is 5. The fraction of sp³-hybridized carbons (Fsp3) is 0.389. The van der Waals surface area contributed by atoms with Crippen LogP contribution in [-0.4, -0.2) is 44.3 Å². The normalized spacial score (nSPS) is 11.5. The Hall–Kier alpha value is -2.05. The third-order valence-corrected chi connectivity index (χ3v) is 5.18. The van der Waals surface area contributed by atoms with Gasteiger partial charge in [-0.2, -0.15) is 5.10 Å². The number of hydrogen-bond acceptors (Lipinski definition) is 3. The Morgan fingerprint density at radius 3 is 2.42 bits per heavy atom. The van der Waals surface area contributed by atoms with Crippen LogP contribution in [0, 0.1) is 13.8 Å². The summed E-state index contributed by atoms with van der Waals surface area (Å²) in [7, 11) is 1.49. The van der Waals surface area contributed by atoms with E-state index in [1.807, 2.05) is 6.92 Å². The zero-order chi connectivity index (χ0) is 19.8. The molecule has 0 aliphatic carbocycles. The van der Waals surface area contributed by atoms with E-state index < -0.39 is 11.5 Å². The molecule has 0 radical (unpaired) electrons. The fourth-order valence-electron chi connectivity index (χ4n) is 2.54. The predicted octanol–water partition coefficient (Wildman–Crippen LogP) is 3.66. The number of carboxylic acids is 1. The number of aryl methyl sites for hydroxylation is 1. The highest BCUT2D eigenvalue weighted by Crippen LogP contribution is 2.27. The molecule has 0 saturated carbocycles. The molecule has 2 aromatic rings. The van der Waals surface area contributed by atoms with Crippen LogP contribution in [0.4, 0.5) is 0 Å². The number of carbonyl (C=O) groups is 2. The largest absolute Gasteiger partial charge is 0.480 e. The Kier molecular flexibility index (Phi) is 5.68. The Balaban J connectivity index is 2.36. The van der Waals surface area contributed by atoms with E-state index >= 15 is 0 Å². The van der Waals surface area contributed by atoms with Gasteiger partial charge in [0.25, 0.3) is 0 Å². The van der Waals surface area contributed by atoms with Crippen LogP contribution >= 0.6 is 23.2 Å². The van der Waals surface area contributed by atoms with Gasteiger partial charge in [-0.05, 0) is 45.9 Å². The second-order valence-electron chi connectivity index (χ2n) is 6.65. The van der Waals surface area contributed by atoms with Gasteiger partial charge in [0.05, 0.1) is 22.8 Å². The number of amides is 1. The monoisotopic (exact) mass is 397 g/mol. The van der Waals surface area contributed by atoms with E-state index in [0.717, 1.165) is 11.3 Å². The lowest BCUT2D eigenvalue weighted by molar-refractivity contribution is -0.155. The highest BCUT2D eigenvalue weighted by atomic mass is 35.5. The molecule has 0 spiro atoms. The minimum absolute atomic E-state index is 0.0517. The third kappa shape index (κ3) is 3.71. The van der Waals surface area contributed by atoms with Crippen molar-refractivity contribution in [1.82, 2.24) is 14.7 Å². The van der Waals surface area contributed by atoms with Gasteiger partial charge >= 0.3 is 5.97 Å². The van der Waals surface area contributed by atoms with E-state index in [4.69, 9.17) is 23.2 Å². The van der Waals surface area contributed by atoms with Gasteiger partial charge in [0.1, 0.15) is 5.54 Å². The Morgan fingerprint density at radius 1 is 1.27 bits per heavy atom. The first kappa shape index (κ1) is 20.3. The maximum absolute atomic E-state index is 12.6. The molecule has 26 heavy (non-hydrogen) atoms. The maximum Gasteiger partial charge on any atom is 0.329 e. The van der Waals surface area contributed by atoms with Crippen LogP contribution in [0.3, 0.4) is 0 Å². The van der Waals surface area contributed by atoms with Crippen LogP contribution in [0.1, 0.15) is 30.8 Å². The van der Waals surface area contributed by atoms with Crippen LogP contribution in [0.2, 0.25) is 10.0 Å². The number of aliphatic carboxylic acids is 1. The van der Waals surface area contributed by atoms with E-state index in [1.165, 1.54) is 25.8 Å². The summed E-state index contributed by atoms with van der Waals surface area (Å²) >= 11 is 12.2. The van der Waals surface area contributed by atoms with Crippen LogP contribution in [0.5, 0.6) is 0 Å². The molecule has 0 bridgehead atoms. The van der Waals surface area contributed by atoms with E-state index in [0.29, 0.717) is 21.4 Å². The molecule has 0 aliphatic rings. The molecule has 8 heteroatoms. The molecule has 0 aliphatic heterocycles. The Labute approximate surface area is 162 Å². The first-order valence-corrected chi connectivity index (χ1v) is 8.73. The first-order valence-electron chi connectivity index (χ1n) is 7.97. The van der Waals surface area contributed by atoms with Crippen molar-refractivity contribution in [2.45, 2.75) is 39.7 Å². The topological polar surface area (TPSA) is 75.4 Å². The van der Waals surface area contributed by atoms with Gasteiger partial charge in [0, 0.05) is 23.3 Å². The Bertz CT molecular complexity index is 875. The average molecular weight is 398 g/mol. The average Bonchev–Trinajstić information content (AvgIpc) is 2.81. The predicted molar refractivity (Wildman–Crippen MR) is 101 cm³/mol. The van der Waals surface area contributed by atoms with Gasteiger partial charge in [-0.25, -0.2) is 9.48 Å². The number of nitrogens with zero attached hydrogens (tertiary/aromatic N) is 3. The molecule has 6 nitrogen and oxygen atoms in total. The van der Waals surface area contributed by atoms with Crippen LogP contribution in [0.15, 0.2) is 18.2 Å². The molecule has 2 rings (SSSR count). The molecule has 1 amide bonds. The highest BCUT2D eigenvalue weighted by Gasteiger charge is 2.35. The number of carbonyl (C=O) groups excluding carboxylic acids is 1. The number of hydrogen-bond donors (Lipinski definition) is 1. The lowest BCUT2D eigenvalue weighted by Gasteiger charge is -2.31. The molecule has 0 saturated heterocycles. The van der Waals surface area contributed by atoms with E-state index in [1.54, 1.807) is 29.8 Å². The molecular formula is C18H21Cl2N3O3. The van der Waals surface area contributed by atoms with Crippen LogP contribution in [-0.2, 0) is 16.0 Å². The highest BCUT2D eigenvalue weighted by molar-refractivity contribution is 6.35. The van der Waals surface area contributed by atoms with Crippen molar-refractivity contribution in [2.24, 2.45) is 0 Å². The second kappa shape index (κ2) is 7.29. The summed E-state index contributed by atoms with van der Waals surface area (Å²) in [6, 6.07) is 5.10. The lowest BCUT2D eigenvalue weighted by Crippen LogP contribution is -2.51. The minimum atomic E-state index is -1.30. The smallest absolute Gasteiger partial charge is 0.329 e. The molecule has 1 aromatic carbocycles. The van der Waals surface area contributed by atoms with Crippen molar-refractivity contribution in [3.05, 3.63) is 45.2 Å². The van der Waals surface area contributed by atoms with Gasteiger partial charge < -0.3 is 10.0 Å². The van der Waals surface area contributed by atoms with Crippen molar-refractivity contribution < 1.29 is 14.7 Å². The standard InChI is InChI=1S/C18H21Cl2N3O3/c1-10-13(9-16(24)22(5)18(3,4)17(25)26)11(2)23(21-10)15-7-6-12(19)8-14(15)20/h6-8H,9H2,1-5H3,(H,25,26). The van der Waals surface area contributed by atoms with Crippen molar-refractivity contribution >= 4 is 35.1 Å². The zero-order valence-electron chi connectivity index (χ0n) is 15.3. The van der Waals surface area contributed by atoms with Crippen LogP contribution < -0.4 is 0 Å². The van der Waals surface area contributed by atoms with Crippen molar-refractivity contribution in [3.8, 4) is 5.69 Å². The quantitative estimate of drug-likeness (QED) is 0.834. The number of benzene rings is 1. The van der Waals surface area contributed by atoms with Gasteiger partial charge in [0.15, 0.2) is 0 Å². The Morgan fingerprint density at radius 2 is 1.88 bits per heavy atom. The van der Waals surface area contributed by atoms with Gasteiger partial charge in [-0.1, -0.05) is 23.2 Å². The number of likely N-dealkylation sites (N-methyl/N-ethyl adjacent to an activating group) is 1. The first-order chi connectivity index (χ1) is 12.0. The summed E-state index contributed by atoms with van der Waals surface area (Å²) in [5.74, 6) is -1.37. The second-order valence-corrected chi connectivity index (χ2v) is 7.49. The third-order valence-electron chi connectivity index (χ3n) is 4.64. The summed E-state index contributed by atoms with van der Waals surface area (Å²) in [6.07, 6.45) is 0.0517. The lowest BCUT2D eigenvalue weighted by atomic mass is 10.0. The summed E-state index contributed by atoms with van der Waals surface area (Å²) in [5, 5.41) is 14.8. The summed E-state index contributed by atoms with van der Waals surface area (Å²) in [5.41, 5.74) is 1.56. The van der Waals surface area contributed by atoms with Gasteiger partial charge in [-0.3, -0.25) is 4.79 Å². The van der Waals surface area contributed by atoms with Gasteiger partial charge in [0.2, 0.25) is 5.91 Å². The van der Waals surface area contributed by atoms with Crippen molar-refractivity contribution in [3.63, 3.8) is 0 Å². The number of aromatic nitrogens is 2. The summed E-state index contributed by atoms with van der Waals surface area (Å²) in [4.78, 5) is 25.2. The fourth-order valence-corrected chi connectivity index (χ4v) is 3.03. The van der Waals surface area contributed by atoms with E-state index in [2.05, 4.69) is 5.10 Å². The minimum Gasteiger partial charge on any atom is -0.480 e. The maximum atomic E-state index is 12.6. The zero-order valence-corrected chi connectivity index (χ0v) is 16.8. The SMILES string of the molecule is Cc1nn(-c2ccc(Cl)cc2Cl)c(C)c1CC(=O)N(C)C(C)(C)C(=O)O. The van der Waals surface area contributed by atoms with Gasteiger partial charge in [-0.15, -0.1) is 0 Å².